The minimum absolute atomic E-state index is 0.103. The molecule has 3 heterocycles. The predicted molar refractivity (Wildman–Crippen MR) is 150 cm³/mol. The number of pyridine rings is 1. The maximum atomic E-state index is 12.1. The molecule has 2 N–H and O–H groups in total. The van der Waals surface area contributed by atoms with Crippen LogP contribution in [0.4, 0.5) is 10.9 Å². The van der Waals surface area contributed by atoms with E-state index in [0.717, 1.165) is 44.5 Å². The molecule has 2 aromatic carbocycles. The normalized spacial score (nSPS) is 11.0. The zero-order chi connectivity index (χ0) is 25.8. The Morgan fingerprint density at radius 1 is 1.00 bits per heavy atom. The number of benzene rings is 2. The van der Waals surface area contributed by atoms with Gasteiger partial charge in [-0.2, -0.15) is 0 Å². The first-order chi connectivity index (χ1) is 18.0. The molecular weight excluding hydrogens is 502 g/mol. The van der Waals surface area contributed by atoms with E-state index in [9.17, 15) is 9.90 Å². The number of carbonyl (C=O) groups is 1. The van der Waals surface area contributed by atoms with Crippen molar-refractivity contribution in [2.75, 3.05) is 5.32 Å². The number of para-hydroxylation sites is 1. The highest BCUT2D eigenvalue weighted by Gasteiger charge is 2.19. The Hall–Kier alpha value is -4.01. The first kappa shape index (κ1) is 24.7. The number of aromatic nitrogens is 2. The van der Waals surface area contributed by atoms with Crippen molar-refractivity contribution in [3.8, 4) is 33.2 Å². The third kappa shape index (κ3) is 5.87. The fourth-order valence-electron chi connectivity index (χ4n) is 3.88. The molecule has 0 fully saturated rings. The molecule has 0 aliphatic carbocycles. The second-order valence-corrected chi connectivity index (χ2v) is 10.9. The first-order valence-corrected chi connectivity index (χ1v) is 13.5. The van der Waals surface area contributed by atoms with E-state index in [1.165, 1.54) is 11.3 Å². The highest BCUT2D eigenvalue weighted by Crippen LogP contribution is 2.37. The highest BCUT2D eigenvalue weighted by atomic mass is 32.1. The lowest BCUT2D eigenvalue weighted by Gasteiger charge is -2.08. The van der Waals surface area contributed by atoms with Gasteiger partial charge in [-0.25, -0.2) is 14.8 Å². The minimum atomic E-state index is -1.04. The lowest BCUT2D eigenvalue weighted by molar-refractivity contribution is 0.0697. The Bertz CT molecular complexity index is 1510. The van der Waals surface area contributed by atoms with Crippen LogP contribution in [0.5, 0.6) is 11.5 Å². The molecular formula is C29H25N3O3S2. The predicted octanol–water partition coefficient (Wildman–Crippen LogP) is 8.37. The van der Waals surface area contributed by atoms with Crippen molar-refractivity contribution < 1.29 is 14.6 Å². The van der Waals surface area contributed by atoms with Crippen LogP contribution in [0.3, 0.4) is 0 Å². The van der Waals surface area contributed by atoms with Crippen molar-refractivity contribution in [3.63, 3.8) is 0 Å². The SMILES string of the molecule is CC(C)Cc1sc(Nc2ncc(-c3cccs3)cc2C(=O)O)nc1-c1cccc(Oc2ccccc2)c1. The first-order valence-electron chi connectivity index (χ1n) is 11.8. The summed E-state index contributed by atoms with van der Waals surface area (Å²) in [6, 6.07) is 23.0. The summed E-state index contributed by atoms with van der Waals surface area (Å²) in [5.41, 5.74) is 2.67. The number of nitrogens with one attached hydrogen (secondary N) is 1. The maximum Gasteiger partial charge on any atom is 0.339 e. The second-order valence-electron chi connectivity index (χ2n) is 8.86. The summed E-state index contributed by atoms with van der Waals surface area (Å²) in [7, 11) is 0. The van der Waals surface area contributed by atoms with Gasteiger partial charge in [0, 0.05) is 27.1 Å². The number of hydrogen-bond donors (Lipinski definition) is 2. The Labute approximate surface area is 223 Å². The van der Waals surface area contributed by atoms with Crippen LogP contribution >= 0.6 is 22.7 Å². The molecule has 0 radical (unpaired) electrons. The van der Waals surface area contributed by atoms with E-state index in [-0.39, 0.29) is 11.4 Å². The molecule has 0 saturated heterocycles. The van der Waals surface area contributed by atoms with Crippen LogP contribution in [-0.4, -0.2) is 21.0 Å². The van der Waals surface area contributed by atoms with E-state index in [0.29, 0.717) is 11.0 Å². The van der Waals surface area contributed by atoms with Gasteiger partial charge in [-0.05, 0) is 54.1 Å². The number of nitrogens with zero attached hydrogens (tertiary/aromatic N) is 2. The third-order valence-electron chi connectivity index (χ3n) is 5.53. The number of thiazole rings is 1. The second kappa shape index (κ2) is 10.9. The largest absolute Gasteiger partial charge is 0.478 e. The van der Waals surface area contributed by atoms with Crippen LogP contribution in [0.2, 0.25) is 0 Å². The van der Waals surface area contributed by atoms with E-state index in [1.807, 2.05) is 72.1 Å². The molecule has 0 unspecified atom stereocenters. The zero-order valence-corrected chi connectivity index (χ0v) is 22.0. The van der Waals surface area contributed by atoms with Crippen molar-refractivity contribution in [2.45, 2.75) is 20.3 Å². The summed E-state index contributed by atoms with van der Waals surface area (Å²) >= 11 is 3.06. The number of ether oxygens (including phenoxy) is 1. The van der Waals surface area contributed by atoms with Crippen LogP contribution < -0.4 is 10.1 Å². The van der Waals surface area contributed by atoms with Crippen LogP contribution in [0, 0.1) is 5.92 Å². The van der Waals surface area contributed by atoms with Gasteiger partial charge in [0.1, 0.15) is 22.9 Å². The van der Waals surface area contributed by atoms with Crippen molar-refractivity contribution in [2.24, 2.45) is 5.92 Å². The van der Waals surface area contributed by atoms with Crippen LogP contribution in [-0.2, 0) is 6.42 Å². The van der Waals surface area contributed by atoms with E-state index in [4.69, 9.17) is 9.72 Å². The van der Waals surface area contributed by atoms with Gasteiger partial charge in [0.25, 0.3) is 0 Å². The molecule has 0 aliphatic rings. The van der Waals surface area contributed by atoms with Crippen molar-refractivity contribution in [1.82, 2.24) is 9.97 Å². The lowest BCUT2D eigenvalue weighted by Crippen LogP contribution is -2.05. The Morgan fingerprint density at radius 2 is 1.81 bits per heavy atom. The third-order valence-corrected chi connectivity index (χ3v) is 7.44. The van der Waals surface area contributed by atoms with Crippen molar-refractivity contribution in [1.29, 1.82) is 0 Å². The number of carboxylic acid groups (broad SMARTS) is 1. The molecule has 0 saturated carbocycles. The van der Waals surface area contributed by atoms with E-state index < -0.39 is 5.97 Å². The summed E-state index contributed by atoms with van der Waals surface area (Å²) in [4.78, 5) is 23.4. The molecule has 0 amide bonds. The minimum Gasteiger partial charge on any atom is -0.478 e. The molecule has 3 aromatic heterocycles. The molecule has 186 valence electrons. The number of thiophene rings is 1. The highest BCUT2D eigenvalue weighted by molar-refractivity contribution is 7.16. The summed E-state index contributed by atoms with van der Waals surface area (Å²) < 4.78 is 6.03. The van der Waals surface area contributed by atoms with Gasteiger partial charge in [0.2, 0.25) is 0 Å². The molecule has 0 atom stereocenters. The van der Waals surface area contributed by atoms with Crippen LogP contribution in [0.1, 0.15) is 29.1 Å². The quantitative estimate of drug-likeness (QED) is 0.200. The Kier molecular flexibility index (Phi) is 7.30. The standard InChI is InChI=1S/C29H25N3O3S2/c1-18(2)14-25-26(19-8-6-11-22(15-19)35-21-9-4-3-5-10-21)31-29(37-25)32-27-23(28(33)34)16-20(17-30-27)24-12-7-13-36-24/h3-13,15-18H,14H2,1-2H3,(H,33,34)(H,30,31,32). The molecule has 0 bridgehead atoms. The van der Waals surface area contributed by atoms with Gasteiger partial charge >= 0.3 is 5.97 Å². The fraction of sp³-hybridized carbons (Fsp3) is 0.138. The number of carboxylic acids is 1. The van der Waals surface area contributed by atoms with Crippen LogP contribution in [0.25, 0.3) is 21.7 Å². The van der Waals surface area contributed by atoms with E-state index in [2.05, 4.69) is 24.1 Å². The van der Waals surface area contributed by atoms with Crippen molar-refractivity contribution in [3.05, 3.63) is 94.8 Å². The van der Waals surface area contributed by atoms with Gasteiger partial charge in [-0.1, -0.05) is 50.2 Å². The Morgan fingerprint density at radius 3 is 2.54 bits per heavy atom. The lowest BCUT2D eigenvalue weighted by atomic mass is 10.0. The number of aromatic carboxylic acids is 1. The van der Waals surface area contributed by atoms with Crippen molar-refractivity contribution >= 4 is 39.6 Å². The summed E-state index contributed by atoms with van der Waals surface area (Å²) in [6.07, 6.45) is 2.53. The number of hydrogen-bond acceptors (Lipinski definition) is 7. The Balaban J connectivity index is 1.47. The summed E-state index contributed by atoms with van der Waals surface area (Å²) in [6.45, 7) is 4.33. The van der Waals surface area contributed by atoms with Gasteiger partial charge in [0.15, 0.2) is 5.13 Å². The maximum absolute atomic E-state index is 12.1. The summed E-state index contributed by atoms with van der Waals surface area (Å²) in [5.74, 6) is 1.14. The van der Waals surface area contributed by atoms with Gasteiger partial charge in [0.05, 0.1) is 5.69 Å². The molecule has 0 spiro atoms. The molecule has 6 nitrogen and oxygen atoms in total. The van der Waals surface area contributed by atoms with Gasteiger partial charge < -0.3 is 15.2 Å². The topological polar surface area (TPSA) is 84.3 Å². The zero-order valence-electron chi connectivity index (χ0n) is 20.3. The molecule has 5 rings (SSSR count). The van der Waals surface area contributed by atoms with Gasteiger partial charge in [-0.3, -0.25) is 0 Å². The average molecular weight is 528 g/mol. The number of anilines is 2. The monoisotopic (exact) mass is 527 g/mol. The van der Waals surface area contributed by atoms with E-state index in [1.54, 1.807) is 23.6 Å². The van der Waals surface area contributed by atoms with E-state index >= 15 is 0 Å². The smallest absolute Gasteiger partial charge is 0.339 e. The number of rotatable bonds is 9. The fourth-order valence-corrected chi connectivity index (χ4v) is 5.78. The van der Waals surface area contributed by atoms with Crippen LogP contribution in [0.15, 0.2) is 84.4 Å². The molecule has 0 aliphatic heterocycles. The molecule has 37 heavy (non-hydrogen) atoms. The van der Waals surface area contributed by atoms with Gasteiger partial charge in [-0.15, -0.1) is 22.7 Å². The average Bonchev–Trinajstić information content (AvgIpc) is 3.55. The molecule has 5 aromatic rings. The molecule has 8 heteroatoms. The summed E-state index contributed by atoms with van der Waals surface area (Å²) in [5, 5.41) is 15.6.